The summed E-state index contributed by atoms with van der Waals surface area (Å²) in [5.41, 5.74) is 0.970. The Morgan fingerprint density at radius 1 is 1.08 bits per heavy atom. The SMILES string of the molecule is NS(=O)(=O)c1sccc1C1CCC(N2CCC3CCCCC3C2)C1. The molecule has 2 saturated carbocycles. The lowest BCUT2D eigenvalue weighted by atomic mass is 9.75. The van der Waals surface area contributed by atoms with Crippen molar-refractivity contribution < 1.29 is 8.42 Å². The minimum Gasteiger partial charge on any atom is -0.300 e. The number of nitrogens with zero attached hydrogens (tertiary/aromatic N) is 1. The molecule has 0 bridgehead atoms. The molecule has 4 nitrogen and oxygen atoms in total. The van der Waals surface area contributed by atoms with Gasteiger partial charge in [-0.15, -0.1) is 11.3 Å². The third kappa shape index (κ3) is 3.30. The average molecular weight is 369 g/mol. The molecule has 4 unspecified atom stereocenters. The number of hydrogen-bond donors (Lipinski definition) is 1. The molecular weight excluding hydrogens is 340 g/mol. The fraction of sp³-hybridized carbons (Fsp3) is 0.778. The molecule has 3 fully saturated rings. The van der Waals surface area contributed by atoms with E-state index in [-0.39, 0.29) is 0 Å². The second-order valence-electron chi connectivity index (χ2n) is 7.96. The number of nitrogens with two attached hydrogens (primary N) is 1. The number of hydrogen-bond acceptors (Lipinski definition) is 4. The van der Waals surface area contributed by atoms with Crippen molar-refractivity contribution in [1.29, 1.82) is 0 Å². The molecule has 0 spiro atoms. The summed E-state index contributed by atoms with van der Waals surface area (Å²) in [7, 11) is -3.58. The number of primary sulfonamides is 1. The first kappa shape index (κ1) is 17.0. The monoisotopic (exact) mass is 368 g/mol. The van der Waals surface area contributed by atoms with Crippen molar-refractivity contribution in [3.05, 3.63) is 17.0 Å². The fourth-order valence-electron chi connectivity index (χ4n) is 5.37. The van der Waals surface area contributed by atoms with Crippen LogP contribution in [0.15, 0.2) is 15.7 Å². The lowest BCUT2D eigenvalue weighted by Crippen LogP contribution is -2.46. The first-order valence-electron chi connectivity index (χ1n) is 9.36. The number of sulfonamides is 1. The maximum absolute atomic E-state index is 11.8. The normalized spacial score (nSPS) is 35.0. The molecule has 2 N–H and O–H groups in total. The zero-order chi connectivity index (χ0) is 16.7. The van der Waals surface area contributed by atoms with Gasteiger partial charge in [0.2, 0.25) is 10.0 Å². The van der Waals surface area contributed by atoms with Crippen molar-refractivity contribution in [3.8, 4) is 0 Å². The standard InChI is InChI=1S/C18H28N2O2S2/c19-24(21,22)18-17(8-10-23-18)14-5-6-16(11-14)20-9-7-13-3-1-2-4-15(13)12-20/h8,10,13-16H,1-7,9,11-12H2,(H2,19,21,22). The van der Waals surface area contributed by atoms with Gasteiger partial charge < -0.3 is 4.90 Å². The van der Waals surface area contributed by atoms with E-state index in [4.69, 9.17) is 5.14 Å². The molecule has 4 rings (SSSR count). The van der Waals surface area contributed by atoms with Crippen LogP contribution in [0.1, 0.15) is 62.8 Å². The Morgan fingerprint density at radius 3 is 2.67 bits per heavy atom. The fourth-order valence-corrected chi connectivity index (χ4v) is 7.35. The molecule has 0 aromatic carbocycles. The average Bonchev–Trinajstić information content (AvgIpc) is 3.22. The maximum atomic E-state index is 11.8. The molecule has 24 heavy (non-hydrogen) atoms. The Balaban J connectivity index is 1.43. The largest absolute Gasteiger partial charge is 0.300 e. The topological polar surface area (TPSA) is 63.4 Å². The van der Waals surface area contributed by atoms with Gasteiger partial charge in [-0.25, -0.2) is 13.6 Å². The second kappa shape index (κ2) is 6.71. The van der Waals surface area contributed by atoms with Crippen molar-refractivity contribution in [3.63, 3.8) is 0 Å². The Bertz CT molecular complexity index is 685. The first-order chi connectivity index (χ1) is 11.5. The third-order valence-corrected chi connectivity index (χ3v) is 9.06. The minimum atomic E-state index is -3.58. The number of rotatable bonds is 3. The molecule has 1 aromatic rings. The summed E-state index contributed by atoms with van der Waals surface area (Å²) < 4.78 is 24.0. The van der Waals surface area contributed by atoms with Gasteiger partial charge >= 0.3 is 0 Å². The van der Waals surface area contributed by atoms with Gasteiger partial charge in [0.25, 0.3) is 0 Å². The summed E-state index contributed by atoms with van der Waals surface area (Å²) in [4.78, 5) is 2.72. The predicted molar refractivity (Wildman–Crippen MR) is 97.7 cm³/mol. The van der Waals surface area contributed by atoms with Crippen LogP contribution in [-0.2, 0) is 10.0 Å². The molecular formula is C18H28N2O2S2. The Morgan fingerprint density at radius 2 is 1.88 bits per heavy atom. The van der Waals surface area contributed by atoms with Gasteiger partial charge in [0, 0.05) is 12.6 Å². The molecule has 2 aliphatic carbocycles. The summed E-state index contributed by atoms with van der Waals surface area (Å²) in [5.74, 6) is 2.24. The van der Waals surface area contributed by atoms with Gasteiger partial charge in [0.1, 0.15) is 4.21 Å². The highest BCUT2D eigenvalue weighted by Crippen LogP contribution is 2.43. The van der Waals surface area contributed by atoms with Crippen LogP contribution >= 0.6 is 11.3 Å². The van der Waals surface area contributed by atoms with Crippen LogP contribution in [0.25, 0.3) is 0 Å². The van der Waals surface area contributed by atoms with E-state index in [0.717, 1.165) is 30.2 Å². The number of fused-ring (bicyclic) bond motifs is 1. The van der Waals surface area contributed by atoms with E-state index < -0.39 is 10.0 Å². The quantitative estimate of drug-likeness (QED) is 0.887. The van der Waals surface area contributed by atoms with Crippen LogP contribution in [0, 0.1) is 11.8 Å². The van der Waals surface area contributed by atoms with Gasteiger partial charge in [-0.3, -0.25) is 0 Å². The summed E-state index contributed by atoms with van der Waals surface area (Å²) in [6.07, 6.45) is 10.5. The predicted octanol–water partition coefficient (Wildman–Crippen LogP) is 3.54. The van der Waals surface area contributed by atoms with Gasteiger partial charge in [-0.1, -0.05) is 19.3 Å². The van der Waals surface area contributed by atoms with Crippen LogP contribution in [0.2, 0.25) is 0 Å². The van der Waals surface area contributed by atoms with Crippen molar-refractivity contribution in [2.45, 2.75) is 67.5 Å². The number of piperidine rings is 1. The lowest BCUT2D eigenvalue weighted by Gasteiger charge is -2.43. The Labute approximate surface area is 149 Å². The minimum absolute atomic E-state index is 0.360. The Hall–Kier alpha value is -0.430. The van der Waals surface area contributed by atoms with Gasteiger partial charge in [-0.05, 0) is 73.4 Å². The highest BCUT2D eigenvalue weighted by atomic mass is 32.2. The van der Waals surface area contributed by atoms with E-state index in [2.05, 4.69) is 4.90 Å². The zero-order valence-electron chi connectivity index (χ0n) is 14.2. The Kier molecular flexibility index (Phi) is 4.75. The van der Waals surface area contributed by atoms with Crippen molar-refractivity contribution >= 4 is 21.4 Å². The van der Waals surface area contributed by atoms with E-state index in [1.54, 1.807) is 0 Å². The van der Waals surface area contributed by atoms with Crippen LogP contribution < -0.4 is 5.14 Å². The summed E-state index contributed by atoms with van der Waals surface area (Å²) >= 11 is 1.27. The molecule has 6 heteroatoms. The molecule has 1 aliphatic heterocycles. The summed E-state index contributed by atoms with van der Waals surface area (Å²) in [5, 5.41) is 7.26. The van der Waals surface area contributed by atoms with E-state index in [1.807, 2.05) is 11.4 Å². The molecule has 1 saturated heterocycles. The van der Waals surface area contributed by atoms with Crippen molar-refractivity contribution in [1.82, 2.24) is 4.90 Å². The molecule has 3 aliphatic rings. The number of likely N-dealkylation sites (tertiary alicyclic amines) is 1. The van der Waals surface area contributed by atoms with Gasteiger partial charge in [0.15, 0.2) is 0 Å². The molecule has 2 heterocycles. The van der Waals surface area contributed by atoms with E-state index in [9.17, 15) is 8.42 Å². The van der Waals surface area contributed by atoms with Crippen LogP contribution in [-0.4, -0.2) is 32.4 Å². The second-order valence-corrected chi connectivity index (χ2v) is 10.6. The van der Waals surface area contributed by atoms with Crippen LogP contribution in [0.5, 0.6) is 0 Å². The molecule has 4 atom stereocenters. The summed E-state index contributed by atoms with van der Waals surface area (Å²) in [6.45, 7) is 2.51. The first-order valence-corrected chi connectivity index (χ1v) is 11.8. The van der Waals surface area contributed by atoms with Gasteiger partial charge in [0.05, 0.1) is 0 Å². The smallest absolute Gasteiger partial charge is 0.247 e. The van der Waals surface area contributed by atoms with Crippen molar-refractivity contribution in [2.24, 2.45) is 17.0 Å². The van der Waals surface area contributed by atoms with Crippen molar-refractivity contribution in [2.75, 3.05) is 13.1 Å². The van der Waals surface area contributed by atoms with E-state index in [1.165, 1.54) is 63.0 Å². The maximum Gasteiger partial charge on any atom is 0.247 e. The summed E-state index contributed by atoms with van der Waals surface area (Å²) in [6, 6.07) is 2.61. The lowest BCUT2D eigenvalue weighted by molar-refractivity contribution is 0.0581. The van der Waals surface area contributed by atoms with Crippen LogP contribution in [0.3, 0.4) is 0 Å². The van der Waals surface area contributed by atoms with Gasteiger partial charge in [-0.2, -0.15) is 0 Å². The van der Waals surface area contributed by atoms with E-state index in [0.29, 0.717) is 16.2 Å². The third-order valence-electron chi connectivity index (χ3n) is 6.60. The van der Waals surface area contributed by atoms with Crippen LogP contribution in [0.4, 0.5) is 0 Å². The molecule has 0 radical (unpaired) electrons. The zero-order valence-corrected chi connectivity index (χ0v) is 15.8. The number of thiophene rings is 1. The molecule has 134 valence electrons. The molecule has 0 amide bonds. The molecule has 1 aromatic heterocycles. The highest BCUT2D eigenvalue weighted by Gasteiger charge is 2.38. The van der Waals surface area contributed by atoms with E-state index >= 15 is 0 Å². The highest BCUT2D eigenvalue weighted by molar-refractivity contribution is 7.91.